The molecule has 1 heterocycles. The fourth-order valence-corrected chi connectivity index (χ4v) is 2.43. The van der Waals surface area contributed by atoms with Gasteiger partial charge in [0.15, 0.2) is 0 Å². The Kier molecular flexibility index (Phi) is 4.20. The molecule has 2 N–H and O–H groups in total. The zero-order valence-electron chi connectivity index (χ0n) is 11.5. The summed E-state index contributed by atoms with van der Waals surface area (Å²) in [6.07, 6.45) is 2.04. The van der Waals surface area contributed by atoms with E-state index in [0.29, 0.717) is 5.56 Å². The lowest BCUT2D eigenvalue weighted by Gasteiger charge is -2.30. The van der Waals surface area contributed by atoms with E-state index in [1.54, 1.807) is 32.0 Å². The van der Waals surface area contributed by atoms with Crippen molar-refractivity contribution in [2.45, 2.75) is 38.1 Å². The van der Waals surface area contributed by atoms with Crippen LogP contribution in [0.25, 0.3) is 0 Å². The topological polar surface area (TPSA) is 41.1 Å². The van der Waals surface area contributed by atoms with Crippen LogP contribution in [0.3, 0.4) is 0 Å². The molecule has 0 aromatic heterocycles. The number of nitrogens with one attached hydrogen (secondary N) is 2. The number of piperidine rings is 1. The predicted octanol–water partition coefficient (Wildman–Crippen LogP) is 1.97. The molecule has 104 valence electrons. The number of carbonyl (C=O) groups excluding carboxylic acids is 1. The molecule has 19 heavy (non-hydrogen) atoms. The molecule has 1 aromatic carbocycles. The zero-order valence-corrected chi connectivity index (χ0v) is 11.5. The Bertz CT molecular complexity index is 453. The fourth-order valence-electron chi connectivity index (χ4n) is 2.43. The smallest absolute Gasteiger partial charge is 0.230 e. The van der Waals surface area contributed by atoms with Gasteiger partial charge in [-0.2, -0.15) is 0 Å². The molecule has 0 saturated carbocycles. The molecule has 1 amide bonds. The molecule has 2 rings (SSSR count). The van der Waals surface area contributed by atoms with Crippen LogP contribution < -0.4 is 10.6 Å². The predicted molar refractivity (Wildman–Crippen MR) is 73.5 cm³/mol. The van der Waals surface area contributed by atoms with Crippen LogP contribution >= 0.6 is 0 Å². The van der Waals surface area contributed by atoms with Crippen LogP contribution in [-0.4, -0.2) is 25.0 Å². The highest BCUT2D eigenvalue weighted by molar-refractivity contribution is 5.87. The van der Waals surface area contributed by atoms with Crippen molar-refractivity contribution in [2.24, 2.45) is 0 Å². The number of benzene rings is 1. The summed E-state index contributed by atoms with van der Waals surface area (Å²) in [4.78, 5) is 12.4. The van der Waals surface area contributed by atoms with Gasteiger partial charge < -0.3 is 10.6 Å². The third-order valence-electron chi connectivity index (χ3n) is 3.75. The van der Waals surface area contributed by atoms with Crippen molar-refractivity contribution < 1.29 is 9.18 Å². The number of halogens is 1. The van der Waals surface area contributed by atoms with Crippen LogP contribution in [-0.2, 0) is 10.2 Å². The van der Waals surface area contributed by atoms with Crippen LogP contribution in [0, 0.1) is 5.82 Å². The van der Waals surface area contributed by atoms with Gasteiger partial charge in [0.05, 0.1) is 5.41 Å². The number of rotatable bonds is 3. The van der Waals surface area contributed by atoms with Crippen molar-refractivity contribution in [2.75, 3.05) is 13.1 Å². The van der Waals surface area contributed by atoms with Gasteiger partial charge in [0, 0.05) is 18.2 Å². The average molecular weight is 264 g/mol. The molecule has 4 heteroatoms. The zero-order chi connectivity index (χ0) is 13.9. The summed E-state index contributed by atoms with van der Waals surface area (Å²) < 4.78 is 13.8. The highest BCUT2D eigenvalue weighted by atomic mass is 19.1. The Balaban J connectivity index is 2.10. The first-order valence-corrected chi connectivity index (χ1v) is 6.78. The molecule has 1 atom stereocenters. The Hall–Kier alpha value is -1.42. The molecule has 1 aliphatic rings. The minimum atomic E-state index is -0.858. The first-order valence-electron chi connectivity index (χ1n) is 6.78. The molecular weight excluding hydrogens is 243 g/mol. The molecule has 0 radical (unpaired) electrons. The minimum absolute atomic E-state index is 0.119. The quantitative estimate of drug-likeness (QED) is 0.876. The Morgan fingerprint density at radius 2 is 2.16 bits per heavy atom. The number of amides is 1. The van der Waals surface area contributed by atoms with Gasteiger partial charge in [-0.1, -0.05) is 18.2 Å². The van der Waals surface area contributed by atoms with Gasteiger partial charge in [0.1, 0.15) is 5.82 Å². The summed E-state index contributed by atoms with van der Waals surface area (Å²) in [5, 5.41) is 6.27. The van der Waals surface area contributed by atoms with E-state index in [1.807, 2.05) is 0 Å². The normalized spacial score (nSPS) is 20.1. The third kappa shape index (κ3) is 3.13. The first kappa shape index (κ1) is 14.0. The van der Waals surface area contributed by atoms with Crippen molar-refractivity contribution in [1.29, 1.82) is 0 Å². The average Bonchev–Trinajstić information content (AvgIpc) is 2.40. The molecule has 0 bridgehead atoms. The second-order valence-corrected chi connectivity index (χ2v) is 5.62. The third-order valence-corrected chi connectivity index (χ3v) is 3.75. The molecule has 0 spiro atoms. The van der Waals surface area contributed by atoms with E-state index >= 15 is 0 Å². The van der Waals surface area contributed by atoms with Crippen LogP contribution in [0.5, 0.6) is 0 Å². The van der Waals surface area contributed by atoms with E-state index in [1.165, 1.54) is 6.07 Å². The standard InChI is InChI=1S/C15H21FN2O/c1-15(2,12-7-3-4-8-13(12)16)14(19)18-11-6-5-9-17-10-11/h3-4,7-8,11,17H,5-6,9-10H2,1-2H3,(H,18,19)/t11-/m0/s1. The van der Waals surface area contributed by atoms with Crippen LogP contribution in [0.2, 0.25) is 0 Å². The van der Waals surface area contributed by atoms with Crippen molar-refractivity contribution in [1.82, 2.24) is 10.6 Å². The monoisotopic (exact) mass is 264 g/mol. The van der Waals surface area contributed by atoms with Gasteiger partial charge >= 0.3 is 0 Å². The molecule has 1 aliphatic heterocycles. The Morgan fingerprint density at radius 1 is 1.42 bits per heavy atom. The molecule has 0 aliphatic carbocycles. The number of hydrogen-bond acceptors (Lipinski definition) is 2. The molecule has 1 aromatic rings. The summed E-state index contributed by atoms with van der Waals surface area (Å²) in [5.41, 5.74) is -0.417. The van der Waals surface area contributed by atoms with Gasteiger partial charge in [0.2, 0.25) is 5.91 Å². The summed E-state index contributed by atoms with van der Waals surface area (Å²) in [6.45, 7) is 5.32. The van der Waals surface area contributed by atoms with E-state index in [4.69, 9.17) is 0 Å². The molecule has 1 fully saturated rings. The largest absolute Gasteiger partial charge is 0.351 e. The van der Waals surface area contributed by atoms with Crippen molar-refractivity contribution in [3.63, 3.8) is 0 Å². The van der Waals surface area contributed by atoms with E-state index < -0.39 is 5.41 Å². The van der Waals surface area contributed by atoms with E-state index in [2.05, 4.69) is 10.6 Å². The van der Waals surface area contributed by atoms with Gasteiger partial charge in [-0.3, -0.25) is 4.79 Å². The maximum absolute atomic E-state index is 13.8. The second-order valence-electron chi connectivity index (χ2n) is 5.62. The van der Waals surface area contributed by atoms with Gasteiger partial charge in [-0.05, 0) is 39.3 Å². The van der Waals surface area contributed by atoms with E-state index in [-0.39, 0.29) is 17.8 Å². The lowest BCUT2D eigenvalue weighted by atomic mass is 9.83. The Labute approximate surface area is 113 Å². The van der Waals surface area contributed by atoms with Gasteiger partial charge in [-0.25, -0.2) is 4.39 Å². The SMILES string of the molecule is CC(C)(C(=O)N[C@H]1CCCNC1)c1ccccc1F. The molecule has 3 nitrogen and oxygen atoms in total. The van der Waals surface area contributed by atoms with Crippen LogP contribution in [0.1, 0.15) is 32.3 Å². The minimum Gasteiger partial charge on any atom is -0.351 e. The lowest BCUT2D eigenvalue weighted by molar-refractivity contribution is -0.126. The highest BCUT2D eigenvalue weighted by Gasteiger charge is 2.33. The molecule has 1 saturated heterocycles. The van der Waals surface area contributed by atoms with Crippen LogP contribution in [0.4, 0.5) is 4.39 Å². The first-order chi connectivity index (χ1) is 9.01. The Morgan fingerprint density at radius 3 is 2.79 bits per heavy atom. The summed E-state index contributed by atoms with van der Waals surface area (Å²) >= 11 is 0. The summed E-state index contributed by atoms with van der Waals surface area (Å²) in [5.74, 6) is -0.448. The van der Waals surface area contributed by atoms with Crippen LogP contribution in [0.15, 0.2) is 24.3 Å². The summed E-state index contributed by atoms with van der Waals surface area (Å²) in [6, 6.07) is 6.61. The highest BCUT2D eigenvalue weighted by Crippen LogP contribution is 2.26. The second kappa shape index (κ2) is 5.70. The maximum atomic E-state index is 13.8. The van der Waals surface area contributed by atoms with Gasteiger partial charge in [0.25, 0.3) is 0 Å². The van der Waals surface area contributed by atoms with E-state index in [0.717, 1.165) is 25.9 Å². The molecule has 0 unspecified atom stereocenters. The summed E-state index contributed by atoms with van der Waals surface area (Å²) in [7, 11) is 0. The fraction of sp³-hybridized carbons (Fsp3) is 0.533. The molecular formula is C15H21FN2O. The van der Waals surface area contributed by atoms with Gasteiger partial charge in [-0.15, -0.1) is 0 Å². The lowest BCUT2D eigenvalue weighted by Crippen LogP contribution is -2.50. The number of hydrogen-bond donors (Lipinski definition) is 2. The van der Waals surface area contributed by atoms with E-state index in [9.17, 15) is 9.18 Å². The maximum Gasteiger partial charge on any atom is 0.230 e. The van der Waals surface area contributed by atoms with Crippen molar-refractivity contribution in [3.05, 3.63) is 35.6 Å². The van der Waals surface area contributed by atoms with Crippen molar-refractivity contribution >= 4 is 5.91 Å². The van der Waals surface area contributed by atoms with Crippen molar-refractivity contribution in [3.8, 4) is 0 Å². The number of carbonyl (C=O) groups is 1.